The van der Waals surface area contributed by atoms with E-state index >= 15 is 0 Å². The number of hydrogen-bond acceptors (Lipinski definition) is 6. The number of ether oxygens (including phenoxy) is 2. The molecule has 3 heterocycles. The molecular formula is C14H21BN2O4. The van der Waals surface area contributed by atoms with Gasteiger partial charge in [0.25, 0.3) is 0 Å². The second-order valence-corrected chi connectivity index (χ2v) is 6.49. The molecule has 0 N–H and O–H groups in total. The van der Waals surface area contributed by atoms with Crippen molar-refractivity contribution >= 4 is 12.6 Å². The Morgan fingerprint density at radius 1 is 1.14 bits per heavy atom. The van der Waals surface area contributed by atoms with Crippen molar-refractivity contribution < 1.29 is 18.8 Å². The van der Waals surface area contributed by atoms with Crippen LogP contribution in [0.1, 0.15) is 34.1 Å². The van der Waals surface area contributed by atoms with Crippen molar-refractivity contribution in [2.24, 2.45) is 0 Å². The molecule has 3 rings (SSSR count). The fraction of sp³-hybridized carbons (Fsp3) is 0.714. The molecule has 7 heteroatoms. The summed E-state index contributed by atoms with van der Waals surface area (Å²) in [6.45, 7) is 9.41. The first-order valence-electron chi connectivity index (χ1n) is 7.29. The number of rotatable bonds is 3. The van der Waals surface area contributed by atoms with Gasteiger partial charge in [-0.25, -0.2) is 9.97 Å². The van der Waals surface area contributed by atoms with Crippen LogP contribution < -0.4 is 10.2 Å². The van der Waals surface area contributed by atoms with E-state index in [-0.39, 0.29) is 17.3 Å². The maximum atomic E-state index is 5.96. The molecule has 0 amide bonds. The molecule has 0 unspecified atom stereocenters. The summed E-state index contributed by atoms with van der Waals surface area (Å²) in [6.07, 6.45) is 4.32. The predicted octanol–water partition coefficient (Wildman–Crippen LogP) is 0.943. The Hall–Kier alpha value is -1.18. The molecule has 1 aromatic rings. The van der Waals surface area contributed by atoms with Gasteiger partial charge in [-0.2, -0.15) is 0 Å². The van der Waals surface area contributed by atoms with Crippen molar-refractivity contribution in [3.63, 3.8) is 0 Å². The maximum absolute atomic E-state index is 5.96. The van der Waals surface area contributed by atoms with Crippen molar-refractivity contribution in [1.29, 1.82) is 0 Å². The summed E-state index contributed by atoms with van der Waals surface area (Å²) in [5.74, 6) is 0. The molecule has 0 aromatic carbocycles. The van der Waals surface area contributed by atoms with E-state index in [0.29, 0.717) is 12.6 Å². The minimum absolute atomic E-state index is 0.0488. The van der Waals surface area contributed by atoms with Gasteiger partial charge < -0.3 is 18.8 Å². The van der Waals surface area contributed by atoms with Crippen LogP contribution in [-0.2, 0) is 14.0 Å². The second-order valence-electron chi connectivity index (χ2n) is 6.49. The molecule has 0 spiro atoms. The normalized spacial score (nSPS) is 27.0. The second kappa shape index (κ2) is 5.23. The highest BCUT2D eigenvalue weighted by atomic mass is 16.7. The van der Waals surface area contributed by atoms with Crippen molar-refractivity contribution in [2.45, 2.75) is 51.4 Å². The van der Waals surface area contributed by atoms with Gasteiger partial charge in [0.2, 0.25) is 0 Å². The molecule has 0 bridgehead atoms. The van der Waals surface area contributed by atoms with Gasteiger partial charge in [0.05, 0.1) is 24.4 Å². The largest absolute Gasteiger partial charge is 0.498 e. The van der Waals surface area contributed by atoms with Crippen molar-refractivity contribution in [3.05, 3.63) is 12.4 Å². The van der Waals surface area contributed by atoms with Crippen LogP contribution in [0.2, 0.25) is 0 Å². The molecule has 1 atom stereocenters. The lowest BCUT2D eigenvalue weighted by Gasteiger charge is -2.32. The SMILES string of the molecule is CC1(C)OB(c2cnc(O[C@H]3CCOC3)nc2)OC1(C)C. The Morgan fingerprint density at radius 2 is 1.76 bits per heavy atom. The van der Waals surface area contributed by atoms with Gasteiger partial charge in [-0.3, -0.25) is 0 Å². The highest BCUT2D eigenvalue weighted by molar-refractivity contribution is 6.61. The third-order valence-electron chi connectivity index (χ3n) is 4.33. The van der Waals surface area contributed by atoms with E-state index in [4.69, 9.17) is 18.8 Å². The Kier molecular flexibility index (Phi) is 3.67. The first-order chi connectivity index (χ1) is 9.87. The van der Waals surface area contributed by atoms with E-state index in [1.54, 1.807) is 12.4 Å². The predicted molar refractivity (Wildman–Crippen MR) is 77.6 cm³/mol. The van der Waals surface area contributed by atoms with Crippen LogP contribution >= 0.6 is 0 Å². The van der Waals surface area contributed by atoms with Crippen LogP contribution in [0.25, 0.3) is 0 Å². The van der Waals surface area contributed by atoms with E-state index < -0.39 is 7.12 Å². The highest BCUT2D eigenvalue weighted by Gasteiger charge is 2.51. The summed E-state index contributed by atoms with van der Waals surface area (Å²) in [4.78, 5) is 8.47. The molecule has 0 saturated carbocycles. The molecule has 6 nitrogen and oxygen atoms in total. The number of nitrogens with zero attached hydrogens (tertiary/aromatic N) is 2. The first-order valence-corrected chi connectivity index (χ1v) is 7.29. The minimum Gasteiger partial charge on any atom is -0.458 e. The van der Waals surface area contributed by atoms with E-state index in [1.165, 1.54) is 0 Å². The van der Waals surface area contributed by atoms with E-state index in [9.17, 15) is 0 Å². The van der Waals surface area contributed by atoms with Crippen LogP contribution in [0.4, 0.5) is 0 Å². The van der Waals surface area contributed by atoms with Crippen LogP contribution in [-0.4, -0.2) is 47.6 Å². The lowest BCUT2D eigenvalue weighted by atomic mass is 9.81. The van der Waals surface area contributed by atoms with E-state index in [0.717, 1.165) is 18.5 Å². The lowest BCUT2D eigenvalue weighted by Crippen LogP contribution is -2.41. The molecule has 2 aliphatic heterocycles. The molecule has 1 aromatic heterocycles. The van der Waals surface area contributed by atoms with Gasteiger partial charge in [-0.1, -0.05) is 0 Å². The molecule has 21 heavy (non-hydrogen) atoms. The quantitative estimate of drug-likeness (QED) is 0.773. The van der Waals surface area contributed by atoms with Crippen LogP contribution in [0, 0.1) is 0 Å². The van der Waals surface area contributed by atoms with Crippen molar-refractivity contribution in [3.8, 4) is 6.01 Å². The topological polar surface area (TPSA) is 62.7 Å². The summed E-state index contributed by atoms with van der Waals surface area (Å²) in [5.41, 5.74) is 0.0610. The molecule has 114 valence electrons. The Morgan fingerprint density at radius 3 is 2.29 bits per heavy atom. The van der Waals surface area contributed by atoms with Gasteiger partial charge in [0.1, 0.15) is 6.10 Å². The Bertz CT molecular complexity index is 484. The zero-order valence-electron chi connectivity index (χ0n) is 13.0. The summed E-state index contributed by atoms with van der Waals surface area (Å²) >= 11 is 0. The molecule has 0 radical (unpaired) electrons. The Balaban J connectivity index is 1.67. The van der Waals surface area contributed by atoms with Crippen LogP contribution in [0.3, 0.4) is 0 Å². The average Bonchev–Trinajstić information content (AvgIpc) is 2.97. The summed E-state index contributed by atoms with van der Waals surface area (Å²) < 4.78 is 22.8. The molecule has 2 fully saturated rings. The van der Waals surface area contributed by atoms with Gasteiger partial charge in [0.15, 0.2) is 0 Å². The van der Waals surface area contributed by atoms with Gasteiger partial charge in [0, 0.05) is 24.3 Å². The lowest BCUT2D eigenvalue weighted by molar-refractivity contribution is 0.00578. The minimum atomic E-state index is -0.445. The smallest absolute Gasteiger partial charge is 0.458 e. The standard InChI is InChI=1S/C14H21BN2O4/c1-13(2)14(3,4)21-15(20-13)10-7-16-12(17-8-10)19-11-5-6-18-9-11/h7-8,11H,5-6,9H2,1-4H3/t11-/m0/s1. The highest BCUT2D eigenvalue weighted by Crippen LogP contribution is 2.36. The van der Waals surface area contributed by atoms with Crippen LogP contribution in [0.15, 0.2) is 12.4 Å². The third kappa shape index (κ3) is 2.91. The van der Waals surface area contributed by atoms with Crippen molar-refractivity contribution in [1.82, 2.24) is 9.97 Å². The zero-order valence-corrected chi connectivity index (χ0v) is 13.0. The molecular weight excluding hydrogens is 271 g/mol. The third-order valence-corrected chi connectivity index (χ3v) is 4.33. The number of aromatic nitrogens is 2. The fourth-order valence-electron chi connectivity index (χ4n) is 2.24. The number of hydrogen-bond donors (Lipinski definition) is 0. The summed E-state index contributed by atoms with van der Waals surface area (Å²) in [5, 5.41) is 0. The fourth-order valence-corrected chi connectivity index (χ4v) is 2.24. The molecule has 2 saturated heterocycles. The molecule has 0 aliphatic carbocycles. The van der Waals surface area contributed by atoms with E-state index in [1.807, 2.05) is 27.7 Å². The maximum Gasteiger partial charge on any atom is 0.498 e. The average molecular weight is 292 g/mol. The van der Waals surface area contributed by atoms with Gasteiger partial charge in [-0.05, 0) is 27.7 Å². The first kappa shape index (κ1) is 14.7. The zero-order chi connectivity index (χ0) is 15.1. The van der Waals surface area contributed by atoms with Crippen LogP contribution in [0.5, 0.6) is 6.01 Å². The summed E-state index contributed by atoms with van der Waals surface area (Å²) in [7, 11) is -0.445. The Labute approximate surface area is 125 Å². The monoisotopic (exact) mass is 292 g/mol. The molecule has 2 aliphatic rings. The van der Waals surface area contributed by atoms with Gasteiger partial charge >= 0.3 is 13.1 Å². The summed E-state index contributed by atoms with van der Waals surface area (Å²) in [6, 6.07) is 0.366. The van der Waals surface area contributed by atoms with E-state index in [2.05, 4.69) is 9.97 Å². The van der Waals surface area contributed by atoms with Crippen molar-refractivity contribution in [2.75, 3.05) is 13.2 Å². The van der Waals surface area contributed by atoms with Gasteiger partial charge in [-0.15, -0.1) is 0 Å².